The van der Waals surface area contributed by atoms with Gasteiger partial charge in [0.1, 0.15) is 0 Å². The van der Waals surface area contributed by atoms with Gasteiger partial charge in [0.25, 0.3) is 0 Å². The zero-order valence-corrected chi connectivity index (χ0v) is 13.9. The number of hydrogen-bond donors (Lipinski definition) is 1. The van der Waals surface area contributed by atoms with Crippen LogP contribution < -0.4 is 10.2 Å². The topological polar surface area (TPSA) is 53.9 Å². The van der Waals surface area contributed by atoms with Gasteiger partial charge in [0.05, 0.1) is 17.9 Å². The summed E-state index contributed by atoms with van der Waals surface area (Å²) in [6.45, 7) is 3.79. The number of anilines is 2. The lowest BCUT2D eigenvalue weighted by Crippen LogP contribution is -2.23. The Morgan fingerprint density at radius 2 is 2.04 bits per heavy atom. The van der Waals surface area contributed by atoms with Crippen LogP contribution in [0.5, 0.6) is 0 Å². The van der Waals surface area contributed by atoms with Crippen molar-refractivity contribution in [1.29, 1.82) is 0 Å². The quantitative estimate of drug-likeness (QED) is 0.911. The van der Waals surface area contributed by atoms with E-state index in [9.17, 15) is 4.39 Å². The van der Waals surface area contributed by atoms with E-state index in [-0.39, 0.29) is 11.9 Å². The molecule has 1 aliphatic heterocycles. The molecule has 0 spiro atoms. The lowest BCUT2D eigenvalue weighted by Gasteiger charge is -2.21. The average Bonchev–Trinajstić information content (AvgIpc) is 3.29. The summed E-state index contributed by atoms with van der Waals surface area (Å²) in [6, 6.07) is 4.10. The Balaban J connectivity index is 1.61. The lowest BCUT2D eigenvalue weighted by atomic mass is 10.0. The Labute approximate surface area is 141 Å². The Morgan fingerprint density at radius 1 is 1.25 bits per heavy atom. The van der Waals surface area contributed by atoms with Gasteiger partial charge in [-0.15, -0.1) is 0 Å². The normalized spacial score (nSPS) is 18.7. The monoisotopic (exact) mass is 327 g/mol. The number of halogens is 1. The second kappa shape index (κ2) is 6.34. The van der Waals surface area contributed by atoms with Crippen molar-refractivity contribution in [3.8, 4) is 0 Å². The molecule has 24 heavy (non-hydrogen) atoms. The molecule has 1 atom stereocenters. The van der Waals surface area contributed by atoms with Crippen LogP contribution in [0, 0.1) is 18.7 Å². The van der Waals surface area contributed by atoms with Gasteiger partial charge in [0, 0.05) is 19.3 Å². The zero-order valence-electron chi connectivity index (χ0n) is 13.9. The highest BCUT2D eigenvalue weighted by Gasteiger charge is 2.34. The highest BCUT2D eigenvalue weighted by Crippen LogP contribution is 2.42. The van der Waals surface area contributed by atoms with Gasteiger partial charge in [0.2, 0.25) is 5.95 Å². The number of rotatable bonds is 5. The molecular formula is C18H22FN5. The third kappa shape index (κ3) is 3.05. The predicted molar refractivity (Wildman–Crippen MR) is 91.5 cm³/mol. The van der Waals surface area contributed by atoms with Gasteiger partial charge in [0.15, 0.2) is 11.6 Å². The van der Waals surface area contributed by atoms with E-state index in [0.717, 1.165) is 37.2 Å². The van der Waals surface area contributed by atoms with Gasteiger partial charge in [-0.3, -0.25) is 4.98 Å². The number of pyridine rings is 1. The maximum absolute atomic E-state index is 14.1. The molecule has 0 radical (unpaired) electrons. The van der Waals surface area contributed by atoms with E-state index in [1.54, 1.807) is 0 Å². The summed E-state index contributed by atoms with van der Waals surface area (Å²) in [5, 5.41) is 3.41. The number of hydrogen-bond acceptors (Lipinski definition) is 5. The largest absolute Gasteiger partial charge is 0.354 e. The SMILES string of the molecule is Cc1cccnc1C(Nc1ncc(F)c(N2CCCC2)n1)C1CC1. The first kappa shape index (κ1) is 15.3. The van der Waals surface area contributed by atoms with Gasteiger partial charge in [-0.25, -0.2) is 9.37 Å². The first-order valence-corrected chi connectivity index (χ1v) is 8.68. The first-order valence-electron chi connectivity index (χ1n) is 8.68. The van der Waals surface area contributed by atoms with Gasteiger partial charge >= 0.3 is 0 Å². The number of aryl methyl sites for hydroxylation is 1. The fraction of sp³-hybridized carbons (Fsp3) is 0.500. The highest BCUT2D eigenvalue weighted by molar-refractivity contribution is 5.45. The van der Waals surface area contributed by atoms with E-state index in [1.807, 2.05) is 17.2 Å². The molecule has 2 aromatic heterocycles. The molecule has 6 heteroatoms. The van der Waals surface area contributed by atoms with E-state index < -0.39 is 0 Å². The summed E-state index contributed by atoms with van der Waals surface area (Å²) >= 11 is 0. The van der Waals surface area contributed by atoms with Crippen molar-refractivity contribution in [1.82, 2.24) is 15.0 Å². The molecule has 3 heterocycles. The predicted octanol–water partition coefficient (Wildman–Crippen LogP) is 3.48. The van der Waals surface area contributed by atoms with Gasteiger partial charge in [-0.05, 0) is 50.2 Å². The molecular weight excluding hydrogens is 305 g/mol. The molecule has 1 aliphatic carbocycles. The summed E-state index contributed by atoms with van der Waals surface area (Å²) in [7, 11) is 0. The minimum absolute atomic E-state index is 0.0862. The standard InChI is InChI=1S/C18H22FN5/c1-12-5-4-8-20-15(12)16(13-6-7-13)22-18-21-11-14(19)17(23-18)24-9-2-3-10-24/h4-5,8,11,13,16H,2-3,6-7,9-10H2,1H3,(H,21,22,23). The van der Waals surface area contributed by atoms with Crippen LogP contribution in [0.4, 0.5) is 16.2 Å². The lowest BCUT2D eigenvalue weighted by molar-refractivity contribution is 0.603. The molecule has 2 fully saturated rings. The van der Waals surface area contributed by atoms with Crippen LogP contribution in [0.2, 0.25) is 0 Å². The molecule has 0 bridgehead atoms. The van der Waals surface area contributed by atoms with E-state index in [4.69, 9.17) is 0 Å². The molecule has 1 N–H and O–H groups in total. The molecule has 4 rings (SSSR count). The summed E-state index contributed by atoms with van der Waals surface area (Å²) in [5.74, 6) is 1.10. The molecule has 1 saturated heterocycles. The van der Waals surface area contributed by atoms with Gasteiger partial charge in [-0.2, -0.15) is 4.98 Å². The summed E-state index contributed by atoms with van der Waals surface area (Å²) in [6.07, 6.45) is 7.62. The van der Waals surface area contributed by atoms with Crippen LogP contribution in [-0.2, 0) is 0 Å². The van der Waals surface area contributed by atoms with Crippen LogP contribution in [0.1, 0.15) is 43.0 Å². The van der Waals surface area contributed by atoms with Gasteiger partial charge in [-0.1, -0.05) is 6.07 Å². The molecule has 1 saturated carbocycles. The Morgan fingerprint density at radius 3 is 2.75 bits per heavy atom. The van der Waals surface area contributed by atoms with Crippen molar-refractivity contribution in [3.63, 3.8) is 0 Å². The van der Waals surface area contributed by atoms with E-state index in [1.165, 1.54) is 19.0 Å². The highest BCUT2D eigenvalue weighted by atomic mass is 19.1. The van der Waals surface area contributed by atoms with E-state index in [0.29, 0.717) is 17.7 Å². The molecule has 2 aliphatic rings. The molecule has 1 unspecified atom stereocenters. The molecule has 0 aromatic carbocycles. The van der Waals surface area contributed by atoms with Crippen LogP contribution in [0.25, 0.3) is 0 Å². The average molecular weight is 327 g/mol. The Hall–Kier alpha value is -2.24. The smallest absolute Gasteiger partial charge is 0.225 e. The number of nitrogens with one attached hydrogen (secondary N) is 1. The Bertz CT molecular complexity index is 725. The second-order valence-corrected chi connectivity index (χ2v) is 6.72. The van der Waals surface area contributed by atoms with Crippen molar-refractivity contribution < 1.29 is 4.39 Å². The fourth-order valence-electron chi connectivity index (χ4n) is 3.38. The van der Waals surface area contributed by atoms with Crippen molar-refractivity contribution >= 4 is 11.8 Å². The molecule has 0 amide bonds. The first-order chi connectivity index (χ1) is 11.7. The van der Waals surface area contributed by atoms with Crippen molar-refractivity contribution in [2.75, 3.05) is 23.3 Å². The molecule has 126 valence electrons. The van der Waals surface area contributed by atoms with Crippen molar-refractivity contribution in [2.45, 2.75) is 38.6 Å². The van der Waals surface area contributed by atoms with Gasteiger partial charge < -0.3 is 10.2 Å². The minimum Gasteiger partial charge on any atom is -0.354 e. The van der Waals surface area contributed by atoms with Crippen LogP contribution in [0.3, 0.4) is 0 Å². The van der Waals surface area contributed by atoms with Crippen LogP contribution in [-0.4, -0.2) is 28.0 Å². The number of aromatic nitrogens is 3. The fourth-order valence-corrected chi connectivity index (χ4v) is 3.38. The number of nitrogens with zero attached hydrogens (tertiary/aromatic N) is 4. The summed E-state index contributed by atoms with van der Waals surface area (Å²) < 4.78 is 14.1. The molecule has 5 nitrogen and oxygen atoms in total. The summed E-state index contributed by atoms with van der Waals surface area (Å²) in [5.41, 5.74) is 2.19. The van der Waals surface area contributed by atoms with Crippen LogP contribution in [0.15, 0.2) is 24.5 Å². The van der Waals surface area contributed by atoms with Crippen molar-refractivity contribution in [3.05, 3.63) is 41.6 Å². The maximum atomic E-state index is 14.1. The third-order valence-electron chi connectivity index (χ3n) is 4.85. The minimum atomic E-state index is -0.348. The van der Waals surface area contributed by atoms with E-state index >= 15 is 0 Å². The van der Waals surface area contributed by atoms with Crippen LogP contribution >= 0.6 is 0 Å². The zero-order chi connectivity index (χ0) is 16.5. The van der Waals surface area contributed by atoms with E-state index in [2.05, 4.69) is 33.3 Å². The molecule has 2 aromatic rings. The summed E-state index contributed by atoms with van der Waals surface area (Å²) in [4.78, 5) is 15.2. The second-order valence-electron chi connectivity index (χ2n) is 6.72. The van der Waals surface area contributed by atoms with Crippen molar-refractivity contribution in [2.24, 2.45) is 5.92 Å². The Kier molecular flexibility index (Phi) is 4.04. The maximum Gasteiger partial charge on any atom is 0.225 e. The third-order valence-corrected chi connectivity index (χ3v) is 4.85.